The first-order chi connectivity index (χ1) is 10.9. The number of hydrogen-bond donors (Lipinski definition) is 2. The van der Waals surface area contributed by atoms with Crippen LogP contribution in [0.3, 0.4) is 0 Å². The SMILES string of the molecule is CCC(C)Nc1nc(C)cc(C(=O)Nc2ccc(F)cc2F)n1. The van der Waals surface area contributed by atoms with Gasteiger partial charge in [0.2, 0.25) is 5.95 Å². The lowest BCUT2D eigenvalue weighted by Crippen LogP contribution is -2.20. The molecule has 2 N–H and O–H groups in total. The molecular formula is C16H18F2N4O. The van der Waals surface area contributed by atoms with E-state index >= 15 is 0 Å². The number of anilines is 2. The van der Waals surface area contributed by atoms with E-state index in [1.54, 1.807) is 6.92 Å². The van der Waals surface area contributed by atoms with Crippen molar-refractivity contribution in [1.29, 1.82) is 0 Å². The second-order valence-electron chi connectivity index (χ2n) is 5.25. The van der Waals surface area contributed by atoms with E-state index in [4.69, 9.17) is 0 Å². The number of rotatable bonds is 5. The third-order valence-electron chi connectivity index (χ3n) is 3.25. The van der Waals surface area contributed by atoms with Crippen LogP contribution in [0.4, 0.5) is 20.4 Å². The van der Waals surface area contributed by atoms with Gasteiger partial charge in [-0.3, -0.25) is 4.79 Å². The third-order valence-corrected chi connectivity index (χ3v) is 3.25. The lowest BCUT2D eigenvalue weighted by Gasteiger charge is -2.13. The Morgan fingerprint density at radius 1 is 1.26 bits per heavy atom. The standard InChI is InChI=1S/C16H18F2N4O/c1-4-9(2)19-16-20-10(3)7-14(22-16)15(23)21-13-6-5-11(17)8-12(13)18/h5-9H,4H2,1-3H3,(H,21,23)(H,19,20,22). The monoisotopic (exact) mass is 320 g/mol. The first-order valence-corrected chi connectivity index (χ1v) is 7.27. The Morgan fingerprint density at radius 2 is 2.00 bits per heavy atom. The Balaban J connectivity index is 2.21. The predicted molar refractivity (Wildman–Crippen MR) is 84.5 cm³/mol. The van der Waals surface area contributed by atoms with Crippen molar-refractivity contribution >= 4 is 17.5 Å². The lowest BCUT2D eigenvalue weighted by molar-refractivity contribution is 0.102. The number of carbonyl (C=O) groups excluding carboxylic acids is 1. The van der Waals surface area contributed by atoms with Crippen LogP contribution in [0, 0.1) is 18.6 Å². The van der Waals surface area contributed by atoms with Gasteiger partial charge < -0.3 is 10.6 Å². The molecule has 1 amide bonds. The van der Waals surface area contributed by atoms with E-state index in [1.165, 1.54) is 6.07 Å². The second kappa shape index (κ2) is 7.13. The highest BCUT2D eigenvalue weighted by Gasteiger charge is 2.14. The van der Waals surface area contributed by atoms with E-state index in [9.17, 15) is 13.6 Å². The Kier molecular flexibility index (Phi) is 5.20. The zero-order valence-corrected chi connectivity index (χ0v) is 13.2. The highest BCUT2D eigenvalue weighted by Crippen LogP contribution is 2.16. The van der Waals surface area contributed by atoms with Crippen LogP contribution in [0.15, 0.2) is 24.3 Å². The number of nitrogens with zero attached hydrogens (tertiary/aromatic N) is 2. The molecule has 0 spiro atoms. The molecule has 0 radical (unpaired) electrons. The molecule has 0 aliphatic heterocycles. The molecule has 2 rings (SSSR count). The van der Waals surface area contributed by atoms with Gasteiger partial charge in [-0.1, -0.05) is 6.92 Å². The summed E-state index contributed by atoms with van der Waals surface area (Å²) in [6, 6.07) is 4.59. The van der Waals surface area contributed by atoms with E-state index in [2.05, 4.69) is 20.6 Å². The molecule has 0 fully saturated rings. The van der Waals surface area contributed by atoms with Gasteiger partial charge in [0.05, 0.1) is 5.69 Å². The first-order valence-electron chi connectivity index (χ1n) is 7.27. The minimum absolute atomic E-state index is 0.104. The van der Waals surface area contributed by atoms with E-state index in [0.717, 1.165) is 18.6 Å². The molecule has 7 heteroatoms. The zero-order valence-electron chi connectivity index (χ0n) is 13.2. The molecule has 1 unspecified atom stereocenters. The molecule has 0 bridgehead atoms. The predicted octanol–water partition coefficient (Wildman–Crippen LogP) is 3.53. The van der Waals surface area contributed by atoms with Crippen molar-refractivity contribution in [1.82, 2.24) is 9.97 Å². The highest BCUT2D eigenvalue weighted by atomic mass is 19.1. The summed E-state index contributed by atoms with van der Waals surface area (Å²) in [6.07, 6.45) is 0.875. The Bertz CT molecular complexity index is 721. The summed E-state index contributed by atoms with van der Waals surface area (Å²) in [5.41, 5.74) is 0.603. The third kappa shape index (κ3) is 4.45. The van der Waals surface area contributed by atoms with Gasteiger partial charge in [0.15, 0.2) is 0 Å². The summed E-state index contributed by atoms with van der Waals surface area (Å²) in [7, 11) is 0. The number of amides is 1. The molecule has 122 valence electrons. The molecule has 0 saturated carbocycles. The van der Waals surface area contributed by atoms with Crippen molar-refractivity contribution in [2.24, 2.45) is 0 Å². The summed E-state index contributed by atoms with van der Waals surface area (Å²) in [5.74, 6) is -1.81. The van der Waals surface area contributed by atoms with Crippen molar-refractivity contribution in [3.05, 3.63) is 47.3 Å². The average molecular weight is 320 g/mol. The summed E-state index contributed by atoms with van der Waals surface area (Å²) < 4.78 is 26.5. The average Bonchev–Trinajstić information content (AvgIpc) is 2.49. The van der Waals surface area contributed by atoms with Crippen LogP contribution in [0.2, 0.25) is 0 Å². The molecule has 0 saturated heterocycles. The van der Waals surface area contributed by atoms with E-state index < -0.39 is 17.5 Å². The van der Waals surface area contributed by atoms with Crippen molar-refractivity contribution in [3.63, 3.8) is 0 Å². The van der Waals surface area contributed by atoms with Crippen LogP contribution < -0.4 is 10.6 Å². The van der Waals surface area contributed by atoms with Crippen LogP contribution in [-0.4, -0.2) is 21.9 Å². The number of halogens is 2. The summed E-state index contributed by atoms with van der Waals surface area (Å²) in [5, 5.41) is 5.46. The van der Waals surface area contributed by atoms with E-state index in [-0.39, 0.29) is 17.4 Å². The smallest absolute Gasteiger partial charge is 0.274 e. The molecule has 1 aromatic carbocycles. The number of carbonyl (C=O) groups is 1. The van der Waals surface area contributed by atoms with Gasteiger partial charge >= 0.3 is 0 Å². The molecule has 1 heterocycles. The zero-order chi connectivity index (χ0) is 17.0. The summed E-state index contributed by atoms with van der Waals surface area (Å²) >= 11 is 0. The van der Waals surface area contributed by atoms with Gasteiger partial charge in [0.25, 0.3) is 5.91 Å². The van der Waals surface area contributed by atoms with Crippen molar-refractivity contribution < 1.29 is 13.6 Å². The molecule has 0 aliphatic carbocycles. The molecule has 0 aliphatic rings. The van der Waals surface area contributed by atoms with Crippen LogP contribution in [0.25, 0.3) is 0 Å². The van der Waals surface area contributed by atoms with Crippen molar-refractivity contribution in [2.75, 3.05) is 10.6 Å². The van der Waals surface area contributed by atoms with E-state index in [0.29, 0.717) is 17.7 Å². The van der Waals surface area contributed by atoms with Crippen molar-refractivity contribution in [3.8, 4) is 0 Å². The van der Waals surface area contributed by atoms with Gasteiger partial charge in [0.1, 0.15) is 17.3 Å². The maximum atomic E-state index is 13.6. The van der Waals surface area contributed by atoms with Crippen LogP contribution >= 0.6 is 0 Å². The first kappa shape index (κ1) is 16.8. The highest BCUT2D eigenvalue weighted by molar-refractivity contribution is 6.03. The van der Waals surface area contributed by atoms with Gasteiger partial charge in [-0.25, -0.2) is 18.7 Å². The van der Waals surface area contributed by atoms with Gasteiger partial charge in [-0.05, 0) is 38.5 Å². The maximum Gasteiger partial charge on any atom is 0.274 e. The summed E-state index contributed by atoms with van der Waals surface area (Å²) in [6.45, 7) is 5.72. The number of aryl methyl sites for hydroxylation is 1. The largest absolute Gasteiger partial charge is 0.352 e. The molecule has 2 aromatic rings. The fraction of sp³-hybridized carbons (Fsp3) is 0.312. The second-order valence-corrected chi connectivity index (χ2v) is 5.25. The number of hydrogen-bond acceptors (Lipinski definition) is 4. The minimum Gasteiger partial charge on any atom is -0.352 e. The number of aromatic nitrogens is 2. The maximum absolute atomic E-state index is 13.6. The van der Waals surface area contributed by atoms with E-state index in [1.807, 2.05) is 13.8 Å². The fourth-order valence-corrected chi connectivity index (χ4v) is 1.85. The molecule has 23 heavy (non-hydrogen) atoms. The Morgan fingerprint density at radius 3 is 2.65 bits per heavy atom. The topological polar surface area (TPSA) is 66.9 Å². The molecule has 1 atom stereocenters. The number of nitrogens with one attached hydrogen (secondary N) is 2. The molecule has 1 aromatic heterocycles. The minimum atomic E-state index is -0.845. The molecule has 5 nitrogen and oxygen atoms in total. The normalized spacial score (nSPS) is 11.9. The van der Waals surface area contributed by atoms with Gasteiger partial charge in [-0.15, -0.1) is 0 Å². The van der Waals surface area contributed by atoms with Gasteiger partial charge in [0, 0.05) is 17.8 Å². The lowest BCUT2D eigenvalue weighted by atomic mass is 10.2. The summed E-state index contributed by atoms with van der Waals surface area (Å²) in [4.78, 5) is 20.6. The van der Waals surface area contributed by atoms with Crippen molar-refractivity contribution in [2.45, 2.75) is 33.2 Å². The fourth-order valence-electron chi connectivity index (χ4n) is 1.85. The number of benzene rings is 1. The van der Waals surface area contributed by atoms with Crippen LogP contribution in [0.5, 0.6) is 0 Å². The Labute approximate surface area is 133 Å². The van der Waals surface area contributed by atoms with Gasteiger partial charge in [-0.2, -0.15) is 0 Å². The van der Waals surface area contributed by atoms with Crippen LogP contribution in [0.1, 0.15) is 36.5 Å². The van der Waals surface area contributed by atoms with Crippen LogP contribution in [-0.2, 0) is 0 Å². The molecular weight excluding hydrogens is 302 g/mol. The Hall–Kier alpha value is -2.57. The quantitative estimate of drug-likeness (QED) is 0.884.